The molecule has 0 bridgehead atoms. The third-order valence-electron chi connectivity index (χ3n) is 4.13. The standard InChI is InChI=1S/C14H30N2/c1-5-14(6-2)15-11-13(4)16-9-7-12(3)8-10-16/h12-15H,5-11H2,1-4H3. The highest BCUT2D eigenvalue weighted by molar-refractivity contribution is 4.77. The number of rotatable bonds is 6. The lowest BCUT2D eigenvalue weighted by atomic mass is 9.98. The van der Waals surface area contributed by atoms with Crippen molar-refractivity contribution < 1.29 is 0 Å². The van der Waals surface area contributed by atoms with Crippen molar-refractivity contribution in [2.24, 2.45) is 5.92 Å². The highest BCUT2D eigenvalue weighted by Gasteiger charge is 2.20. The molecule has 0 aromatic heterocycles. The fourth-order valence-corrected chi connectivity index (χ4v) is 2.51. The summed E-state index contributed by atoms with van der Waals surface area (Å²) in [6, 6.07) is 1.42. The minimum atomic E-state index is 0.702. The molecule has 1 rings (SSSR count). The molecule has 96 valence electrons. The zero-order chi connectivity index (χ0) is 12.0. The topological polar surface area (TPSA) is 15.3 Å². The summed E-state index contributed by atoms with van der Waals surface area (Å²) >= 11 is 0. The van der Waals surface area contributed by atoms with Gasteiger partial charge in [0, 0.05) is 18.6 Å². The van der Waals surface area contributed by atoms with E-state index in [4.69, 9.17) is 0 Å². The van der Waals surface area contributed by atoms with E-state index in [1.165, 1.54) is 38.8 Å². The van der Waals surface area contributed by atoms with Gasteiger partial charge in [0.25, 0.3) is 0 Å². The van der Waals surface area contributed by atoms with E-state index in [0.29, 0.717) is 12.1 Å². The van der Waals surface area contributed by atoms with Crippen molar-refractivity contribution in [1.82, 2.24) is 10.2 Å². The molecule has 0 saturated carbocycles. The maximum absolute atomic E-state index is 3.69. The van der Waals surface area contributed by atoms with Crippen molar-refractivity contribution in [2.75, 3.05) is 19.6 Å². The molecule has 1 atom stereocenters. The average molecular weight is 226 g/mol. The predicted molar refractivity (Wildman–Crippen MR) is 71.8 cm³/mol. The van der Waals surface area contributed by atoms with Crippen LogP contribution in [0.5, 0.6) is 0 Å². The second-order valence-corrected chi connectivity index (χ2v) is 5.49. The molecule has 1 fully saturated rings. The van der Waals surface area contributed by atoms with Crippen molar-refractivity contribution in [3.8, 4) is 0 Å². The fraction of sp³-hybridized carbons (Fsp3) is 1.00. The minimum absolute atomic E-state index is 0.702. The molecule has 2 nitrogen and oxygen atoms in total. The number of nitrogens with zero attached hydrogens (tertiary/aromatic N) is 1. The minimum Gasteiger partial charge on any atom is -0.312 e. The van der Waals surface area contributed by atoms with Crippen LogP contribution in [0.2, 0.25) is 0 Å². The monoisotopic (exact) mass is 226 g/mol. The summed E-state index contributed by atoms with van der Waals surface area (Å²) in [4.78, 5) is 2.65. The lowest BCUT2D eigenvalue weighted by Gasteiger charge is -2.35. The molecular formula is C14H30N2. The smallest absolute Gasteiger partial charge is 0.0192 e. The van der Waals surface area contributed by atoms with Crippen LogP contribution in [0, 0.1) is 5.92 Å². The molecule has 0 aromatic carbocycles. The Labute approximate surface area is 102 Å². The summed E-state index contributed by atoms with van der Waals surface area (Å²) in [5.74, 6) is 0.940. The molecule has 0 aliphatic carbocycles. The third kappa shape index (κ3) is 4.42. The van der Waals surface area contributed by atoms with Gasteiger partial charge >= 0.3 is 0 Å². The van der Waals surface area contributed by atoms with Gasteiger partial charge in [-0.05, 0) is 51.6 Å². The van der Waals surface area contributed by atoms with E-state index in [0.717, 1.165) is 12.5 Å². The zero-order valence-electron chi connectivity index (χ0n) is 11.6. The van der Waals surface area contributed by atoms with Crippen LogP contribution in [0.25, 0.3) is 0 Å². The van der Waals surface area contributed by atoms with E-state index in [2.05, 4.69) is 37.9 Å². The van der Waals surface area contributed by atoms with Gasteiger partial charge in [-0.1, -0.05) is 20.8 Å². The van der Waals surface area contributed by atoms with E-state index in [-0.39, 0.29) is 0 Å². The Hall–Kier alpha value is -0.0800. The number of hydrogen-bond acceptors (Lipinski definition) is 2. The molecule has 1 aliphatic heterocycles. The maximum atomic E-state index is 3.69. The van der Waals surface area contributed by atoms with Crippen LogP contribution in [0.4, 0.5) is 0 Å². The summed E-state index contributed by atoms with van der Waals surface area (Å²) < 4.78 is 0. The zero-order valence-corrected chi connectivity index (χ0v) is 11.6. The number of piperidine rings is 1. The van der Waals surface area contributed by atoms with Gasteiger partial charge in [-0.3, -0.25) is 4.90 Å². The van der Waals surface area contributed by atoms with Gasteiger partial charge in [-0.15, -0.1) is 0 Å². The molecule has 0 spiro atoms. The molecule has 1 aliphatic rings. The average Bonchev–Trinajstić information content (AvgIpc) is 2.31. The molecule has 1 heterocycles. The van der Waals surface area contributed by atoms with Crippen LogP contribution >= 0.6 is 0 Å². The summed E-state index contributed by atoms with van der Waals surface area (Å²) in [7, 11) is 0. The first kappa shape index (κ1) is 14.0. The second-order valence-electron chi connectivity index (χ2n) is 5.49. The van der Waals surface area contributed by atoms with E-state index in [1.54, 1.807) is 0 Å². The fourth-order valence-electron chi connectivity index (χ4n) is 2.51. The highest BCUT2D eigenvalue weighted by atomic mass is 15.2. The van der Waals surface area contributed by atoms with Gasteiger partial charge < -0.3 is 5.32 Å². The van der Waals surface area contributed by atoms with E-state index in [1.807, 2.05) is 0 Å². The Morgan fingerprint density at radius 1 is 1.19 bits per heavy atom. The van der Waals surface area contributed by atoms with Gasteiger partial charge in [-0.25, -0.2) is 0 Å². The highest BCUT2D eigenvalue weighted by Crippen LogP contribution is 2.17. The van der Waals surface area contributed by atoms with Crippen LogP contribution in [-0.2, 0) is 0 Å². The van der Waals surface area contributed by atoms with Crippen LogP contribution in [0.15, 0.2) is 0 Å². The Balaban J connectivity index is 2.21. The Bertz CT molecular complexity index is 170. The molecule has 1 unspecified atom stereocenters. The van der Waals surface area contributed by atoms with Crippen molar-refractivity contribution in [2.45, 2.75) is 65.5 Å². The molecule has 0 amide bonds. The van der Waals surface area contributed by atoms with Crippen molar-refractivity contribution >= 4 is 0 Å². The van der Waals surface area contributed by atoms with Gasteiger partial charge in [0.2, 0.25) is 0 Å². The lowest BCUT2D eigenvalue weighted by Crippen LogP contribution is -2.46. The summed E-state index contributed by atoms with van der Waals surface area (Å²) in [5.41, 5.74) is 0. The lowest BCUT2D eigenvalue weighted by molar-refractivity contribution is 0.142. The number of hydrogen-bond donors (Lipinski definition) is 1. The Kier molecular flexibility index (Phi) is 6.37. The van der Waals surface area contributed by atoms with Crippen LogP contribution in [0.3, 0.4) is 0 Å². The van der Waals surface area contributed by atoms with E-state index in [9.17, 15) is 0 Å². The predicted octanol–water partition coefficient (Wildman–Crippen LogP) is 2.89. The molecule has 0 radical (unpaired) electrons. The summed E-state index contributed by atoms with van der Waals surface area (Å²) in [6.45, 7) is 13.0. The van der Waals surface area contributed by atoms with Crippen molar-refractivity contribution in [3.63, 3.8) is 0 Å². The summed E-state index contributed by atoms with van der Waals surface area (Å²) in [6.07, 6.45) is 5.27. The quantitative estimate of drug-likeness (QED) is 0.749. The Morgan fingerprint density at radius 3 is 2.25 bits per heavy atom. The maximum Gasteiger partial charge on any atom is 0.0192 e. The van der Waals surface area contributed by atoms with Crippen LogP contribution < -0.4 is 5.32 Å². The van der Waals surface area contributed by atoms with Crippen molar-refractivity contribution in [1.29, 1.82) is 0 Å². The molecular weight excluding hydrogens is 196 g/mol. The largest absolute Gasteiger partial charge is 0.312 e. The van der Waals surface area contributed by atoms with E-state index < -0.39 is 0 Å². The van der Waals surface area contributed by atoms with Gasteiger partial charge in [-0.2, -0.15) is 0 Å². The van der Waals surface area contributed by atoms with Gasteiger partial charge in [0.15, 0.2) is 0 Å². The number of likely N-dealkylation sites (tertiary alicyclic amines) is 1. The SMILES string of the molecule is CCC(CC)NCC(C)N1CCC(C)CC1. The van der Waals surface area contributed by atoms with Crippen LogP contribution in [-0.4, -0.2) is 36.6 Å². The molecule has 1 saturated heterocycles. The first-order chi connectivity index (χ1) is 7.67. The Morgan fingerprint density at radius 2 is 1.75 bits per heavy atom. The van der Waals surface area contributed by atoms with Crippen LogP contribution in [0.1, 0.15) is 53.4 Å². The third-order valence-corrected chi connectivity index (χ3v) is 4.13. The van der Waals surface area contributed by atoms with Crippen molar-refractivity contribution in [3.05, 3.63) is 0 Å². The second kappa shape index (κ2) is 7.29. The normalized spacial score (nSPS) is 21.6. The summed E-state index contributed by atoms with van der Waals surface area (Å²) in [5, 5.41) is 3.69. The van der Waals surface area contributed by atoms with Gasteiger partial charge in [0.1, 0.15) is 0 Å². The molecule has 2 heteroatoms. The molecule has 1 N–H and O–H groups in total. The number of nitrogens with one attached hydrogen (secondary N) is 1. The molecule has 16 heavy (non-hydrogen) atoms. The first-order valence-corrected chi connectivity index (χ1v) is 7.14. The van der Waals surface area contributed by atoms with Gasteiger partial charge in [0.05, 0.1) is 0 Å². The van der Waals surface area contributed by atoms with E-state index >= 15 is 0 Å². The molecule has 0 aromatic rings. The first-order valence-electron chi connectivity index (χ1n) is 7.14.